The minimum absolute atomic E-state index is 0. The van der Waals surface area contributed by atoms with Crippen LogP contribution in [0.2, 0.25) is 0 Å². The fourth-order valence-electron chi connectivity index (χ4n) is 2.11. The van der Waals surface area contributed by atoms with Gasteiger partial charge in [-0.3, -0.25) is 4.99 Å². The van der Waals surface area contributed by atoms with E-state index in [-0.39, 0.29) is 24.0 Å². The third-order valence-corrected chi connectivity index (χ3v) is 3.17. The molecule has 0 aliphatic heterocycles. The molecule has 114 valence electrons. The van der Waals surface area contributed by atoms with Crippen LogP contribution in [0, 0.1) is 5.92 Å². The van der Waals surface area contributed by atoms with Crippen molar-refractivity contribution in [1.82, 2.24) is 10.6 Å². The number of nitrogens with one attached hydrogen (secondary N) is 2. The van der Waals surface area contributed by atoms with Gasteiger partial charge in [-0.15, -0.1) is 24.0 Å². The second-order valence-corrected chi connectivity index (χ2v) is 4.85. The first-order chi connectivity index (χ1) is 8.81. The Labute approximate surface area is 135 Å². The molecule has 1 rings (SSSR count). The van der Waals surface area contributed by atoms with E-state index < -0.39 is 0 Å². The van der Waals surface area contributed by atoms with Gasteiger partial charge in [0.1, 0.15) is 0 Å². The van der Waals surface area contributed by atoms with E-state index in [4.69, 9.17) is 4.74 Å². The zero-order valence-electron chi connectivity index (χ0n) is 12.6. The summed E-state index contributed by atoms with van der Waals surface area (Å²) in [6, 6.07) is 0.648. The van der Waals surface area contributed by atoms with Crippen molar-refractivity contribution >= 4 is 29.9 Å². The van der Waals surface area contributed by atoms with Crippen molar-refractivity contribution in [2.24, 2.45) is 10.9 Å². The third kappa shape index (κ3) is 8.68. The van der Waals surface area contributed by atoms with Crippen molar-refractivity contribution in [1.29, 1.82) is 0 Å². The maximum absolute atomic E-state index is 5.31. The lowest BCUT2D eigenvalue weighted by Crippen LogP contribution is -2.39. The van der Waals surface area contributed by atoms with Gasteiger partial charge < -0.3 is 15.4 Å². The van der Waals surface area contributed by atoms with E-state index in [1.165, 1.54) is 19.3 Å². The summed E-state index contributed by atoms with van der Waals surface area (Å²) < 4.78 is 5.31. The lowest BCUT2D eigenvalue weighted by molar-refractivity contribution is 0.146. The first kappa shape index (κ1) is 19.0. The van der Waals surface area contributed by atoms with Gasteiger partial charge in [0.2, 0.25) is 0 Å². The van der Waals surface area contributed by atoms with Crippen LogP contribution in [0.3, 0.4) is 0 Å². The Hall–Kier alpha value is -0.0400. The van der Waals surface area contributed by atoms with Crippen molar-refractivity contribution in [2.75, 3.05) is 26.3 Å². The highest BCUT2D eigenvalue weighted by molar-refractivity contribution is 14.0. The monoisotopic (exact) mass is 383 g/mol. The molecule has 0 aromatic heterocycles. The summed E-state index contributed by atoms with van der Waals surface area (Å²) in [6.45, 7) is 9.74. The van der Waals surface area contributed by atoms with Crippen LogP contribution in [0.15, 0.2) is 4.99 Å². The molecular weight excluding hydrogens is 353 g/mol. The number of halogens is 1. The number of hydrogen-bond acceptors (Lipinski definition) is 2. The Bertz CT molecular complexity index is 249. The van der Waals surface area contributed by atoms with Crippen LogP contribution in [0.5, 0.6) is 0 Å². The molecule has 0 spiro atoms. The number of aliphatic imine (C=N–C) groups is 1. The standard InChI is InChI=1S/C14H29N3O.HI/c1-4-8-12-11-13(12)17-14(15-5-2)16-9-7-10-18-6-3;/h12-13H,4-11H2,1-3H3,(H2,15,16,17);1H. The summed E-state index contributed by atoms with van der Waals surface area (Å²) in [5.41, 5.74) is 0. The predicted octanol–water partition coefficient (Wildman–Crippen LogP) is 2.77. The van der Waals surface area contributed by atoms with Gasteiger partial charge in [-0.25, -0.2) is 0 Å². The largest absolute Gasteiger partial charge is 0.382 e. The van der Waals surface area contributed by atoms with Crippen molar-refractivity contribution in [3.63, 3.8) is 0 Å². The quantitative estimate of drug-likeness (QED) is 0.279. The molecule has 0 bridgehead atoms. The van der Waals surface area contributed by atoms with E-state index >= 15 is 0 Å². The Morgan fingerprint density at radius 3 is 2.74 bits per heavy atom. The van der Waals surface area contributed by atoms with E-state index in [0.717, 1.165) is 44.6 Å². The van der Waals surface area contributed by atoms with E-state index in [1.54, 1.807) is 0 Å². The minimum atomic E-state index is 0. The summed E-state index contributed by atoms with van der Waals surface area (Å²) in [7, 11) is 0. The molecule has 2 N–H and O–H groups in total. The number of hydrogen-bond donors (Lipinski definition) is 2. The Morgan fingerprint density at radius 2 is 2.11 bits per heavy atom. The van der Waals surface area contributed by atoms with Crippen LogP contribution in [0.1, 0.15) is 46.5 Å². The van der Waals surface area contributed by atoms with Gasteiger partial charge in [-0.1, -0.05) is 13.3 Å². The number of rotatable bonds is 9. The van der Waals surface area contributed by atoms with Gasteiger partial charge >= 0.3 is 0 Å². The highest BCUT2D eigenvalue weighted by atomic mass is 127. The van der Waals surface area contributed by atoms with E-state index in [2.05, 4.69) is 29.5 Å². The van der Waals surface area contributed by atoms with E-state index in [9.17, 15) is 0 Å². The molecule has 0 radical (unpaired) electrons. The average molecular weight is 383 g/mol. The molecule has 0 amide bonds. The Balaban J connectivity index is 0.00000324. The van der Waals surface area contributed by atoms with Crippen LogP contribution >= 0.6 is 24.0 Å². The molecule has 1 fully saturated rings. The molecule has 0 heterocycles. The lowest BCUT2D eigenvalue weighted by Gasteiger charge is -2.11. The number of guanidine groups is 1. The molecule has 19 heavy (non-hydrogen) atoms. The second kappa shape index (κ2) is 11.8. The van der Waals surface area contributed by atoms with Gasteiger partial charge in [0.05, 0.1) is 0 Å². The number of nitrogens with zero attached hydrogens (tertiary/aromatic N) is 1. The van der Waals surface area contributed by atoms with Crippen LogP contribution in [-0.2, 0) is 4.74 Å². The summed E-state index contributed by atoms with van der Waals surface area (Å²) in [5.74, 6) is 1.83. The Morgan fingerprint density at radius 1 is 1.32 bits per heavy atom. The maximum Gasteiger partial charge on any atom is 0.191 e. The fraction of sp³-hybridized carbons (Fsp3) is 0.929. The highest BCUT2D eigenvalue weighted by Gasteiger charge is 2.36. The van der Waals surface area contributed by atoms with Gasteiger partial charge in [-0.05, 0) is 39.0 Å². The van der Waals surface area contributed by atoms with E-state index in [0.29, 0.717) is 6.04 Å². The van der Waals surface area contributed by atoms with Crippen LogP contribution in [0.25, 0.3) is 0 Å². The zero-order valence-corrected chi connectivity index (χ0v) is 14.9. The Kier molecular flexibility index (Phi) is 11.7. The van der Waals surface area contributed by atoms with Gasteiger partial charge in [0.25, 0.3) is 0 Å². The first-order valence-corrected chi connectivity index (χ1v) is 7.44. The summed E-state index contributed by atoms with van der Waals surface area (Å²) >= 11 is 0. The molecule has 4 nitrogen and oxygen atoms in total. The molecular formula is C14H30IN3O. The van der Waals surface area contributed by atoms with Crippen molar-refractivity contribution < 1.29 is 4.74 Å². The fourth-order valence-corrected chi connectivity index (χ4v) is 2.11. The van der Waals surface area contributed by atoms with Crippen molar-refractivity contribution in [3.05, 3.63) is 0 Å². The lowest BCUT2D eigenvalue weighted by atomic mass is 10.2. The molecule has 2 atom stereocenters. The third-order valence-electron chi connectivity index (χ3n) is 3.17. The van der Waals surface area contributed by atoms with Crippen LogP contribution in [0.4, 0.5) is 0 Å². The van der Waals surface area contributed by atoms with Gasteiger partial charge in [0, 0.05) is 32.3 Å². The SMILES string of the molecule is CCCC1CC1NC(=NCCCOCC)NCC.I. The maximum atomic E-state index is 5.31. The molecule has 2 unspecified atom stereocenters. The van der Waals surface area contributed by atoms with Crippen molar-refractivity contribution in [2.45, 2.75) is 52.5 Å². The molecule has 1 saturated carbocycles. The first-order valence-electron chi connectivity index (χ1n) is 7.44. The minimum Gasteiger partial charge on any atom is -0.382 e. The average Bonchev–Trinajstić information content (AvgIpc) is 3.08. The summed E-state index contributed by atoms with van der Waals surface area (Å²) in [6.07, 6.45) is 4.91. The van der Waals surface area contributed by atoms with Crippen LogP contribution in [-0.4, -0.2) is 38.3 Å². The second-order valence-electron chi connectivity index (χ2n) is 4.85. The van der Waals surface area contributed by atoms with E-state index in [1.807, 2.05) is 6.92 Å². The molecule has 1 aliphatic rings. The molecule has 1 aliphatic carbocycles. The van der Waals surface area contributed by atoms with Gasteiger partial charge in [0.15, 0.2) is 5.96 Å². The predicted molar refractivity (Wildman–Crippen MR) is 92.4 cm³/mol. The summed E-state index contributed by atoms with van der Waals surface area (Å²) in [4.78, 5) is 4.57. The molecule has 0 aromatic carbocycles. The van der Waals surface area contributed by atoms with Crippen molar-refractivity contribution in [3.8, 4) is 0 Å². The number of ether oxygens (including phenoxy) is 1. The molecule has 0 aromatic rings. The van der Waals surface area contributed by atoms with Crippen LogP contribution < -0.4 is 10.6 Å². The summed E-state index contributed by atoms with van der Waals surface area (Å²) in [5, 5.41) is 6.82. The van der Waals surface area contributed by atoms with Gasteiger partial charge in [-0.2, -0.15) is 0 Å². The topological polar surface area (TPSA) is 45.7 Å². The molecule has 5 heteroatoms. The highest BCUT2D eigenvalue weighted by Crippen LogP contribution is 2.34. The smallest absolute Gasteiger partial charge is 0.191 e. The molecule has 0 saturated heterocycles. The zero-order chi connectivity index (χ0) is 13.2. The normalized spacial score (nSPS) is 21.7.